The number of aromatic nitrogens is 1. The molecule has 2 nitrogen and oxygen atoms in total. The molecule has 2 aromatic carbocycles. The second kappa shape index (κ2) is 4.98. The van der Waals surface area contributed by atoms with E-state index in [9.17, 15) is 13.9 Å². The zero-order valence-corrected chi connectivity index (χ0v) is 10.5. The summed E-state index contributed by atoms with van der Waals surface area (Å²) in [5.41, 5.74) is 2.13. The van der Waals surface area contributed by atoms with Gasteiger partial charge < -0.3 is 5.11 Å². The molecule has 0 aliphatic rings. The number of nitrogens with zero attached hydrogens (tertiary/aromatic N) is 1. The first kappa shape index (κ1) is 12.7. The van der Waals surface area contributed by atoms with Gasteiger partial charge in [0, 0.05) is 23.2 Å². The number of hydrogen-bond acceptors (Lipinski definition) is 2. The molecular formula is C16H11F2NO. The fourth-order valence-electron chi connectivity index (χ4n) is 2.34. The minimum absolute atomic E-state index is 0.222. The zero-order valence-electron chi connectivity index (χ0n) is 10.5. The number of rotatable bonds is 2. The Morgan fingerprint density at radius 1 is 1.00 bits per heavy atom. The molecule has 0 amide bonds. The molecule has 0 aliphatic carbocycles. The number of pyridine rings is 1. The Morgan fingerprint density at radius 2 is 1.75 bits per heavy atom. The molecule has 0 saturated heterocycles. The van der Waals surface area contributed by atoms with Crippen molar-refractivity contribution in [2.75, 3.05) is 0 Å². The van der Waals surface area contributed by atoms with Gasteiger partial charge in [-0.15, -0.1) is 0 Å². The summed E-state index contributed by atoms with van der Waals surface area (Å²) in [7, 11) is 0. The Bertz CT molecular complexity index is 766. The van der Waals surface area contributed by atoms with E-state index in [1.165, 1.54) is 12.1 Å². The number of halogens is 2. The van der Waals surface area contributed by atoms with Crippen LogP contribution in [-0.4, -0.2) is 10.1 Å². The molecule has 0 aliphatic heterocycles. The lowest BCUT2D eigenvalue weighted by molar-refractivity contribution is 0.282. The molecule has 1 heterocycles. The van der Waals surface area contributed by atoms with Crippen LogP contribution in [0.15, 0.2) is 48.7 Å². The molecular weight excluding hydrogens is 260 g/mol. The van der Waals surface area contributed by atoms with E-state index < -0.39 is 11.6 Å². The van der Waals surface area contributed by atoms with Gasteiger partial charge in [0.1, 0.15) is 11.6 Å². The van der Waals surface area contributed by atoms with Crippen molar-refractivity contribution in [3.05, 3.63) is 65.9 Å². The molecule has 0 saturated carbocycles. The van der Waals surface area contributed by atoms with Crippen LogP contribution in [0.2, 0.25) is 0 Å². The first-order chi connectivity index (χ1) is 9.69. The van der Waals surface area contributed by atoms with Gasteiger partial charge in [-0.1, -0.05) is 18.2 Å². The molecule has 0 bridgehead atoms. The monoisotopic (exact) mass is 271 g/mol. The van der Waals surface area contributed by atoms with Gasteiger partial charge in [0.15, 0.2) is 0 Å². The summed E-state index contributed by atoms with van der Waals surface area (Å²) in [6, 6.07) is 10.5. The summed E-state index contributed by atoms with van der Waals surface area (Å²) in [5.74, 6) is -1.31. The van der Waals surface area contributed by atoms with Gasteiger partial charge in [-0.2, -0.15) is 0 Å². The number of aliphatic hydroxyl groups excluding tert-OH is 1. The Kier molecular flexibility index (Phi) is 3.16. The predicted molar refractivity (Wildman–Crippen MR) is 73.0 cm³/mol. The molecule has 1 aromatic heterocycles. The lowest BCUT2D eigenvalue weighted by atomic mass is 9.96. The molecule has 0 fully saturated rings. The van der Waals surface area contributed by atoms with E-state index >= 15 is 0 Å². The molecule has 1 N–H and O–H groups in total. The van der Waals surface area contributed by atoms with Crippen molar-refractivity contribution in [3.63, 3.8) is 0 Å². The molecule has 100 valence electrons. The van der Waals surface area contributed by atoms with Gasteiger partial charge in [0.2, 0.25) is 0 Å². The second-order valence-electron chi connectivity index (χ2n) is 4.49. The Hall–Kier alpha value is -2.33. The van der Waals surface area contributed by atoms with Gasteiger partial charge in [0.05, 0.1) is 12.1 Å². The van der Waals surface area contributed by atoms with Crippen LogP contribution >= 0.6 is 0 Å². The van der Waals surface area contributed by atoms with Crippen molar-refractivity contribution < 1.29 is 13.9 Å². The van der Waals surface area contributed by atoms with Crippen molar-refractivity contribution in [1.29, 1.82) is 0 Å². The number of hydrogen-bond donors (Lipinski definition) is 1. The first-order valence-corrected chi connectivity index (χ1v) is 6.13. The molecule has 20 heavy (non-hydrogen) atoms. The maximum Gasteiger partial charge on any atom is 0.126 e. The highest BCUT2D eigenvalue weighted by molar-refractivity contribution is 5.95. The van der Waals surface area contributed by atoms with E-state index in [0.717, 1.165) is 11.5 Å². The van der Waals surface area contributed by atoms with Gasteiger partial charge in [-0.25, -0.2) is 8.78 Å². The van der Waals surface area contributed by atoms with Crippen LogP contribution in [0.25, 0.3) is 22.0 Å². The van der Waals surface area contributed by atoms with E-state index in [1.54, 1.807) is 18.3 Å². The third-order valence-electron chi connectivity index (χ3n) is 3.18. The summed E-state index contributed by atoms with van der Waals surface area (Å²) in [4.78, 5) is 4.27. The second-order valence-corrected chi connectivity index (χ2v) is 4.49. The quantitative estimate of drug-likeness (QED) is 0.771. The minimum atomic E-state index is -0.656. The van der Waals surface area contributed by atoms with Crippen LogP contribution in [0.1, 0.15) is 5.56 Å². The van der Waals surface area contributed by atoms with Gasteiger partial charge in [-0.05, 0) is 29.3 Å². The third-order valence-corrected chi connectivity index (χ3v) is 3.18. The maximum atomic E-state index is 13.4. The maximum absolute atomic E-state index is 13.4. The fraction of sp³-hybridized carbons (Fsp3) is 0.0625. The van der Waals surface area contributed by atoms with Gasteiger partial charge in [-0.3, -0.25) is 4.98 Å². The highest BCUT2D eigenvalue weighted by atomic mass is 19.1. The van der Waals surface area contributed by atoms with E-state index in [4.69, 9.17) is 0 Å². The minimum Gasteiger partial charge on any atom is -0.392 e. The largest absolute Gasteiger partial charge is 0.392 e. The molecule has 3 rings (SSSR count). The molecule has 0 spiro atoms. The van der Waals surface area contributed by atoms with E-state index in [2.05, 4.69) is 4.98 Å². The van der Waals surface area contributed by atoms with Crippen LogP contribution in [0.4, 0.5) is 8.78 Å². The highest BCUT2D eigenvalue weighted by Gasteiger charge is 2.12. The van der Waals surface area contributed by atoms with Crippen molar-refractivity contribution in [3.8, 4) is 11.1 Å². The number of aliphatic hydroxyl groups is 1. The molecule has 3 aromatic rings. The van der Waals surface area contributed by atoms with Crippen molar-refractivity contribution in [2.45, 2.75) is 6.61 Å². The average Bonchev–Trinajstić information content (AvgIpc) is 2.45. The van der Waals surface area contributed by atoms with Crippen LogP contribution in [0.5, 0.6) is 0 Å². The van der Waals surface area contributed by atoms with E-state index in [0.29, 0.717) is 22.2 Å². The summed E-state index contributed by atoms with van der Waals surface area (Å²) in [5, 5.41) is 10.3. The standard InChI is InChI=1S/C16H11F2NO/c17-13-6-12(7-14(18)8-13)15-11(9-20)4-3-10-2-1-5-19-16(10)15/h1-8,20H,9H2. The van der Waals surface area contributed by atoms with Gasteiger partial charge in [0.25, 0.3) is 0 Å². The van der Waals surface area contributed by atoms with E-state index in [1.807, 2.05) is 12.1 Å². The zero-order chi connectivity index (χ0) is 14.1. The molecule has 0 unspecified atom stereocenters. The average molecular weight is 271 g/mol. The highest BCUT2D eigenvalue weighted by Crippen LogP contribution is 2.32. The summed E-state index contributed by atoms with van der Waals surface area (Å²) in [6.45, 7) is -0.222. The first-order valence-electron chi connectivity index (χ1n) is 6.13. The third kappa shape index (κ3) is 2.14. The van der Waals surface area contributed by atoms with Crippen LogP contribution in [-0.2, 0) is 6.61 Å². The predicted octanol–water partition coefficient (Wildman–Crippen LogP) is 3.67. The SMILES string of the molecule is OCc1ccc2cccnc2c1-c1cc(F)cc(F)c1. The Balaban J connectivity index is 2.38. The topological polar surface area (TPSA) is 33.1 Å². The normalized spacial score (nSPS) is 10.9. The van der Waals surface area contributed by atoms with Crippen molar-refractivity contribution in [2.24, 2.45) is 0 Å². The van der Waals surface area contributed by atoms with Crippen LogP contribution < -0.4 is 0 Å². The number of fused-ring (bicyclic) bond motifs is 1. The summed E-state index contributed by atoms with van der Waals surface area (Å²) < 4.78 is 26.9. The molecule has 4 heteroatoms. The van der Waals surface area contributed by atoms with Crippen LogP contribution in [0.3, 0.4) is 0 Å². The number of benzene rings is 2. The van der Waals surface area contributed by atoms with E-state index in [-0.39, 0.29) is 6.61 Å². The van der Waals surface area contributed by atoms with Gasteiger partial charge >= 0.3 is 0 Å². The van der Waals surface area contributed by atoms with Crippen molar-refractivity contribution >= 4 is 10.9 Å². The summed E-state index contributed by atoms with van der Waals surface area (Å²) >= 11 is 0. The lowest BCUT2D eigenvalue weighted by Gasteiger charge is -2.11. The Labute approximate surface area is 114 Å². The summed E-state index contributed by atoms with van der Waals surface area (Å²) in [6.07, 6.45) is 1.61. The van der Waals surface area contributed by atoms with Crippen molar-refractivity contribution in [1.82, 2.24) is 4.98 Å². The lowest BCUT2D eigenvalue weighted by Crippen LogP contribution is -1.94. The molecule has 0 atom stereocenters. The fourth-order valence-corrected chi connectivity index (χ4v) is 2.34. The smallest absolute Gasteiger partial charge is 0.126 e. The Morgan fingerprint density at radius 3 is 2.45 bits per heavy atom. The molecule has 0 radical (unpaired) electrons. The van der Waals surface area contributed by atoms with Crippen LogP contribution in [0, 0.1) is 11.6 Å².